The summed E-state index contributed by atoms with van der Waals surface area (Å²) in [5.41, 5.74) is 1.15. The van der Waals surface area contributed by atoms with Crippen LogP contribution in [0, 0.1) is 0 Å². The number of rotatable bonds is 1. The van der Waals surface area contributed by atoms with Crippen LogP contribution in [0.3, 0.4) is 0 Å². The third-order valence-corrected chi connectivity index (χ3v) is 2.71. The zero-order chi connectivity index (χ0) is 13.3. The Kier molecular flexibility index (Phi) is 3.30. The first-order valence-electron chi connectivity index (χ1n) is 5.49. The molecule has 18 heavy (non-hydrogen) atoms. The minimum atomic E-state index is -0.533. The smallest absolute Gasteiger partial charge is 0.413 e. The SMILES string of the molecule is CC(C)(C)OC(=O)Nc1nc2cc[nH]c2cc1Br. The van der Waals surface area contributed by atoms with Crippen LogP contribution in [0.5, 0.6) is 0 Å². The van der Waals surface area contributed by atoms with Crippen LogP contribution in [-0.4, -0.2) is 21.7 Å². The molecule has 2 heterocycles. The summed E-state index contributed by atoms with van der Waals surface area (Å²) in [4.78, 5) is 19.0. The molecule has 2 N–H and O–H groups in total. The molecule has 6 heteroatoms. The van der Waals surface area contributed by atoms with E-state index >= 15 is 0 Å². The van der Waals surface area contributed by atoms with Crippen molar-refractivity contribution in [1.82, 2.24) is 9.97 Å². The molecule has 0 fully saturated rings. The predicted molar refractivity (Wildman–Crippen MR) is 73.7 cm³/mol. The van der Waals surface area contributed by atoms with Gasteiger partial charge in [0.15, 0.2) is 0 Å². The molecule has 2 aromatic rings. The number of carbonyl (C=O) groups excluding carboxylic acids is 1. The van der Waals surface area contributed by atoms with E-state index in [2.05, 4.69) is 31.2 Å². The first kappa shape index (κ1) is 12.9. The molecular weight excluding hydrogens is 298 g/mol. The van der Waals surface area contributed by atoms with Gasteiger partial charge < -0.3 is 9.72 Å². The van der Waals surface area contributed by atoms with Crippen molar-refractivity contribution in [2.75, 3.05) is 5.32 Å². The summed E-state index contributed by atoms with van der Waals surface area (Å²) in [6, 6.07) is 3.69. The van der Waals surface area contributed by atoms with E-state index < -0.39 is 11.7 Å². The third-order valence-electron chi connectivity index (χ3n) is 2.10. The molecule has 5 nitrogen and oxygen atoms in total. The average molecular weight is 312 g/mol. The number of fused-ring (bicyclic) bond motifs is 1. The molecule has 2 rings (SSSR count). The van der Waals surface area contributed by atoms with Gasteiger partial charge in [-0.05, 0) is 48.8 Å². The number of H-pyrrole nitrogens is 1. The molecule has 0 bridgehead atoms. The lowest BCUT2D eigenvalue weighted by atomic mass is 10.2. The number of amides is 1. The number of aromatic amines is 1. The van der Waals surface area contributed by atoms with Gasteiger partial charge in [-0.25, -0.2) is 9.78 Å². The lowest BCUT2D eigenvalue weighted by Crippen LogP contribution is -2.27. The van der Waals surface area contributed by atoms with E-state index in [0.717, 1.165) is 11.0 Å². The van der Waals surface area contributed by atoms with E-state index in [9.17, 15) is 4.79 Å². The van der Waals surface area contributed by atoms with E-state index in [-0.39, 0.29) is 0 Å². The Balaban J connectivity index is 2.20. The molecule has 0 unspecified atom stereocenters. The quantitative estimate of drug-likeness (QED) is 0.844. The monoisotopic (exact) mass is 311 g/mol. The van der Waals surface area contributed by atoms with Crippen molar-refractivity contribution in [3.05, 3.63) is 22.8 Å². The van der Waals surface area contributed by atoms with Gasteiger partial charge in [-0.15, -0.1) is 0 Å². The van der Waals surface area contributed by atoms with Crippen LogP contribution in [0.4, 0.5) is 10.6 Å². The lowest BCUT2D eigenvalue weighted by molar-refractivity contribution is 0.0635. The molecule has 2 aromatic heterocycles. The fraction of sp³-hybridized carbons (Fsp3) is 0.333. The maximum absolute atomic E-state index is 11.7. The van der Waals surface area contributed by atoms with Crippen LogP contribution < -0.4 is 5.32 Å². The number of anilines is 1. The van der Waals surface area contributed by atoms with Crippen LogP contribution in [0.1, 0.15) is 20.8 Å². The first-order chi connectivity index (χ1) is 8.35. The van der Waals surface area contributed by atoms with Crippen LogP contribution in [-0.2, 0) is 4.74 Å². The van der Waals surface area contributed by atoms with Crippen molar-refractivity contribution in [2.24, 2.45) is 0 Å². The van der Waals surface area contributed by atoms with Crippen LogP contribution in [0.25, 0.3) is 11.0 Å². The van der Waals surface area contributed by atoms with Gasteiger partial charge in [-0.3, -0.25) is 5.32 Å². The molecule has 1 amide bonds. The standard InChI is InChI=1S/C12H14BrN3O2/c1-12(2,3)18-11(17)16-10-7(13)6-9-8(15-10)4-5-14-9/h4-6,14H,1-3H3,(H,15,16,17). The van der Waals surface area contributed by atoms with Crippen LogP contribution in [0.2, 0.25) is 0 Å². The number of nitrogens with zero attached hydrogens (tertiary/aromatic N) is 1. The highest BCUT2D eigenvalue weighted by Crippen LogP contribution is 2.25. The highest BCUT2D eigenvalue weighted by Gasteiger charge is 2.17. The molecule has 0 saturated heterocycles. The fourth-order valence-corrected chi connectivity index (χ4v) is 1.86. The van der Waals surface area contributed by atoms with Crippen LogP contribution >= 0.6 is 15.9 Å². The number of hydrogen-bond donors (Lipinski definition) is 2. The number of nitrogens with one attached hydrogen (secondary N) is 2. The second kappa shape index (κ2) is 4.61. The molecule has 96 valence electrons. The van der Waals surface area contributed by atoms with Gasteiger partial charge in [-0.1, -0.05) is 0 Å². The Hall–Kier alpha value is -1.56. The Morgan fingerprint density at radius 3 is 2.89 bits per heavy atom. The summed E-state index contributed by atoms with van der Waals surface area (Å²) in [6.45, 7) is 5.43. The molecule has 0 aromatic carbocycles. The Labute approximate surface area is 113 Å². The molecule has 0 saturated carbocycles. The van der Waals surface area contributed by atoms with E-state index in [4.69, 9.17) is 4.74 Å². The topological polar surface area (TPSA) is 67.0 Å². The molecule has 0 radical (unpaired) electrons. The molecule has 0 aliphatic carbocycles. The van der Waals surface area contributed by atoms with E-state index in [1.165, 1.54) is 0 Å². The van der Waals surface area contributed by atoms with Gasteiger partial charge in [-0.2, -0.15) is 0 Å². The van der Waals surface area contributed by atoms with Crippen molar-refractivity contribution in [3.63, 3.8) is 0 Å². The molecule has 0 atom stereocenters. The van der Waals surface area contributed by atoms with Gasteiger partial charge in [0.1, 0.15) is 11.4 Å². The number of halogens is 1. The second-order valence-electron chi connectivity index (χ2n) is 4.86. The maximum atomic E-state index is 11.7. The van der Waals surface area contributed by atoms with Gasteiger partial charge >= 0.3 is 6.09 Å². The third kappa shape index (κ3) is 3.01. The first-order valence-corrected chi connectivity index (χ1v) is 6.28. The maximum Gasteiger partial charge on any atom is 0.413 e. The van der Waals surface area contributed by atoms with Crippen molar-refractivity contribution >= 4 is 38.9 Å². The number of carbonyl (C=O) groups is 1. The summed E-state index contributed by atoms with van der Waals surface area (Å²) in [5, 5.41) is 2.62. The van der Waals surface area contributed by atoms with E-state index in [1.807, 2.05) is 32.9 Å². The van der Waals surface area contributed by atoms with Crippen LogP contribution in [0.15, 0.2) is 22.8 Å². The Morgan fingerprint density at radius 2 is 2.22 bits per heavy atom. The van der Waals surface area contributed by atoms with Gasteiger partial charge in [0.05, 0.1) is 15.5 Å². The minimum absolute atomic E-state index is 0.441. The minimum Gasteiger partial charge on any atom is -0.444 e. The summed E-state index contributed by atoms with van der Waals surface area (Å²) in [5.74, 6) is 0.441. The number of ether oxygens (including phenoxy) is 1. The van der Waals surface area contributed by atoms with E-state index in [1.54, 1.807) is 6.20 Å². The fourth-order valence-electron chi connectivity index (χ4n) is 1.44. The van der Waals surface area contributed by atoms with Crippen molar-refractivity contribution < 1.29 is 9.53 Å². The van der Waals surface area contributed by atoms with Gasteiger partial charge in [0.2, 0.25) is 0 Å². The zero-order valence-corrected chi connectivity index (χ0v) is 12.0. The van der Waals surface area contributed by atoms with E-state index in [0.29, 0.717) is 10.3 Å². The zero-order valence-electron chi connectivity index (χ0n) is 10.4. The number of pyridine rings is 1. The Bertz CT molecular complexity index is 587. The van der Waals surface area contributed by atoms with Gasteiger partial charge in [0.25, 0.3) is 0 Å². The summed E-state index contributed by atoms with van der Waals surface area (Å²) < 4.78 is 5.87. The second-order valence-corrected chi connectivity index (χ2v) is 5.71. The molecule has 0 aliphatic heterocycles. The van der Waals surface area contributed by atoms with Gasteiger partial charge in [0, 0.05) is 6.20 Å². The Morgan fingerprint density at radius 1 is 1.50 bits per heavy atom. The van der Waals surface area contributed by atoms with Crippen molar-refractivity contribution in [1.29, 1.82) is 0 Å². The number of aromatic nitrogens is 2. The summed E-state index contributed by atoms with van der Waals surface area (Å²) in [7, 11) is 0. The lowest BCUT2D eigenvalue weighted by Gasteiger charge is -2.19. The predicted octanol–water partition coefficient (Wildman–Crippen LogP) is 3.67. The number of hydrogen-bond acceptors (Lipinski definition) is 3. The highest BCUT2D eigenvalue weighted by molar-refractivity contribution is 9.10. The molecule has 0 aliphatic rings. The molecular formula is C12H14BrN3O2. The largest absolute Gasteiger partial charge is 0.444 e. The highest BCUT2D eigenvalue weighted by atomic mass is 79.9. The summed E-state index contributed by atoms with van der Waals surface area (Å²) >= 11 is 3.36. The van der Waals surface area contributed by atoms with Crippen molar-refractivity contribution in [2.45, 2.75) is 26.4 Å². The summed E-state index contributed by atoms with van der Waals surface area (Å²) in [6.07, 6.45) is 1.27. The normalized spacial score (nSPS) is 11.6. The van der Waals surface area contributed by atoms with Crippen molar-refractivity contribution in [3.8, 4) is 0 Å². The molecule has 0 spiro atoms. The average Bonchev–Trinajstić information content (AvgIpc) is 2.62.